The fourth-order valence-corrected chi connectivity index (χ4v) is 3.29. The summed E-state index contributed by atoms with van der Waals surface area (Å²) in [6.07, 6.45) is 9.21. The number of rotatable bonds is 10. The second-order valence-corrected chi connectivity index (χ2v) is 6.11. The Hall–Kier alpha value is -0.120. The molecule has 1 fully saturated rings. The third-order valence-corrected chi connectivity index (χ3v) is 4.47. The van der Waals surface area contributed by atoms with E-state index in [1.165, 1.54) is 64.6 Å². The van der Waals surface area contributed by atoms with Crippen molar-refractivity contribution in [3.05, 3.63) is 0 Å². The maximum absolute atomic E-state index is 5.70. The lowest BCUT2D eigenvalue weighted by molar-refractivity contribution is 0.0981. The van der Waals surface area contributed by atoms with E-state index >= 15 is 0 Å². The minimum Gasteiger partial charge on any atom is -0.384 e. The average molecular weight is 270 g/mol. The van der Waals surface area contributed by atoms with Crippen LogP contribution in [-0.4, -0.2) is 44.8 Å². The molecule has 114 valence electrons. The first-order valence-electron chi connectivity index (χ1n) is 8.21. The molecule has 2 N–H and O–H groups in total. The molecule has 0 spiro atoms. The van der Waals surface area contributed by atoms with Crippen molar-refractivity contribution < 1.29 is 4.74 Å². The van der Waals surface area contributed by atoms with Gasteiger partial charge in [-0.3, -0.25) is 0 Å². The molecule has 1 aliphatic heterocycles. The molecule has 3 heteroatoms. The molecule has 0 amide bonds. The third-order valence-electron chi connectivity index (χ3n) is 4.47. The molecule has 1 heterocycles. The normalized spacial score (nSPS) is 19.7. The van der Waals surface area contributed by atoms with Crippen LogP contribution in [0.5, 0.6) is 0 Å². The van der Waals surface area contributed by atoms with Gasteiger partial charge in [-0.25, -0.2) is 0 Å². The quantitative estimate of drug-likeness (QED) is 0.663. The summed E-state index contributed by atoms with van der Waals surface area (Å²) in [4.78, 5) is 2.64. The lowest BCUT2D eigenvalue weighted by Crippen LogP contribution is -2.35. The van der Waals surface area contributed by atoms with Gasteiger partial charge in [0.2, 0.25) is 0 Å². The number of nitrogens with two attached hydrogens (primary N) is 1. The molecule has 1 saturated heterocycles. The van der Waals surface area contributed by atoms with Crippen molar-refractivity contribution in [1.82, 2.24) is 4.90 Å². The lowest BCUT2D eigenvalue weighted by atomic mass is 9.93. The molecule has 1 aliphatic rings. The molecule has 0 aromatic heterocycles. The Labute approximate surface area is 119 Å². The molecule has 19 heavy (non-hydrogen) atoms. The van der Waals surface area contributed by atoms with Crippen LogP contribution in [0.15, 0.2) is 0 Å². The summed E-state index contributed by atoms with van der Waals surface area (Å²) in [5.74, 6) is 1.66. The van der Waals surface area contributed by atoms with E-state index in [4.69, 9.17) is 10.5 Å². The minimum absolute atomic E-state index is 0.798. The second kappa shape index (κ2) is 10.6. The molecule has 1 atom stereocenters. The van der Waals surface area contributed by atoms with Gasteiger partial charge in [-0.1, -0.05) is 19.8 Å². The topological polar surface area (TPSA) is 38.5 Å². The largest absolute Gasteiger partial charge is 0.384 e. The Morgan fingerprint density at radius 2 is 1.95 bits per heavy atom. The van der Waals surface area contributed by atoms with Crippen LogP contribution in [0.3, 0.4) is 0 Å². The number of hydrogen-bond donors (Lipinski definition) is 1. The van der Waals surface area contributed by atoms with Crippen molar-refractivity contribution >= 4 is 0 Å². The monoisotopic (exact) mass is 270 g/mol. The van der Waals surface area contributed by atoms with Gasteiger partial charge in [0, 0.05) is 13.7 Å². The maximum Gasteiger partial charge on any atom is 0.0491 e. The van der Waals surface area contributed by atoms with Gasteiger partial charge in [0.1, 0.15) is 0 Å². The van der Waals surface area contributed by atoms with Crippen molar-refractivity contribution in [2.45, 2.75) is 51.9 Å². The zero-order chi connectivity index (χ0) is 13.9. The smallest absolute Gasteiger partial charge is 0.0491 e. The van der Waals surface area contributed by atoms with Gasteiger partial charge >= 0.3 is 0 Å². The van der Waals surface area contributed by atoms with Gasteiger partial charge in [0.25, 0.3) is 0 Å². The van der Waals surface area contributed by atoms with Crippen LogP contribution < -0.4 is 5.73 Å². The molecule has 0 radical (unpaired) electrons. The molecular formula is C16H34N2O. The van der Waals surface area contributed by atoms with Crippen molar-refractivity contribution in [3.63, 3.8) is 0 Å². The van der Waals surface area contributed by atoms with Gasteiger partial charge in [-0.05, 0) is 70.1 Å². The number of methoxy groups -OCH3 is 1. The molecule has 1 unspecified atom stereocenters. The van der Waals surface area contributed by atoms with E-state index in [0.717, 1.165) is 25.0 Å². The predicted molar refractivity (Wildman–Crippen MR) is 82.3 cm³/mol. The van der Waals surface area contributed by atoms with Crippen molar-refractivity contribution in [2.24, 2.45) is 17.6 Å². The number of hydrogen-bond acceptors (Lipinski definition) is 3. The van der Waals surface area contributed by atoms with Gasteiger partial charge in [-0.2, -0.15) is 0 Å². The summed E-state index contributed by atoms with van der Waals surface area (Å²) in [7, 11) is 1.82. The Balaban J connectivity index is 2.09. The van der Waals surface area contributed by atoms with Crippen LogP contribution in [0.1, 0.15) is 51.9 Å². The van der Waals surface area contributed by atoms with E-state index in [-0.39, 0.29) is 0 Å². The van der Waals surface area contributed by atoms with E-state index < -0.39 is 0 Å². The molecule has 0 aliphatic carbocycles. The van der Waals surface area contributed by atoms with Gasteiger partial charge in [-0.15, -0.1) is 0 Å². The molecule has 0 aromatic carbocycles. The average Bonchev–Trinajstić information content (AvgIpc) is 2.41. The Morgan fingerprint density at radius 3 is 2.53 bits per heavy atom. The molecule has 0 bridgehead atoms. The Bertz CT molecular complexity index is 197. The SMILES string of the molecule is CCCC(CCN)CCCN1CCC(COC)CC1. The van der Waals surface area contributed by atoms with Gasteiger partial charge < -0.3 is 15.4 Å². The predicted octanol–water partition coefficient (Wildman–Crippen LogP) is 2.89. The first-order valence-corrected chi connectivity index (χ1v) is 8.21. The van der Waals surface area contributed by atoms with Crippen molar-refractivity contribution in [1.29, 1.82) is 0 Å². The summed E-state index contributed by atoms with van der Waals surface area (Å²) in [5, 5.41) is 0. The zero-order valence-corrected chi connectivity index (χ0v) is 13.1. The second-order valence-electron chi connectivity index (χ2n) is 6.11. The summed E-state index contributed by atoms with van der Waals surface area (Å²) in [6.45, 7) is 7.90. The number of piperidine rings is 1. The molecule has 0 aromatic rings. The van der Waals surface area contributed by atoms with Crippen molar-refractivity contribution in [2.75, 3.05) is 39.9 Å². The zero-order valence-electron chi connectivity index (χ0n) is 13.1. The van der Waals surface area contributed by atoms with E-state index in [2.05, 4.69) is 11.8 Å². The van der Waals surface area contributed by atoms with Crippen LogP contribution in [0.25, 0.3) is 0 Å². The maximum atomic E-state index is 5.70. The Morgan fingerprint density at radius 1 is 1.21 bits per heavy atom. The fourth-order valence-electron chi connectivity index (χ4n) is 3.29. The molecule has 1 rings (SSSR count). The van der Waals surface area contributed by atoms with E-state index in [0.29, 0.717) is 0 Å². The highest BCUT2D eigenvalue weighted by atomic mass is 16.5. The fraction of sp³-hybridized carbons (Fsp3) is 1.00. The van der Waals surface area contributed by atoms with Crippen molar-refractivity contribution in [3.8, 4) is 0 Å². The third kappa shape index (κ3) is 7.28. The van der Waals surface area contributed by atoms with Crippen LogP contribution in [0, 0.1) is 11.8 Å². The van der Waals surface area contributed by atoms with Crippen LogP contribution in [0.2, 0.25) is 0 Å². The minimum atomic E-state index is 0.798. The van der Waals surface area contributed by atoms with E-state index in [1.807, 2.05) is 7.11 Å². The highest BCUT2D eigenvalue weighted by Gasteiger charge is 2.18. The first-order chi connectivity index (χ1) is 9.30. The number of ether oxygens (including phenoxy) is 1. The Kier molecular flexibility index (Phi) is 9.48. The summed E-state index contributed by atoms with van der Waals surface area (Å²) >= 11 is 0. The highest BCUT2D eigenvalue weighted by Crippen LogP contribution is 2.20. The molecular weight excluding hydrogens is 236 g/mol. The summed E-state index contributed by atoms with van der Waals surface area (Å²) < 4.78 is 5.25. The summed E-state index contributed by atoms with van der Waals surface area (Å²) in [5.41, 5.74) is 5.70. The number of likely N-dealkylation sites (tertiary alicyclic amines) is 1. The van der Waals surface area contributed by atoms with Crippen LogP contribution in [-0.2, 0) is 4.74 Å². The summed E-state index contributed by atoms with van der Waals surface area (Å²) in [6, 6.07) is 0. The van der Waals surface area contributed by atoms with Crippen LogP contribution >= 0.6 is 0 Å². The number of nitrogens with zero attached hydrogens (tertiary/aromatic N) is 1. The van der Waals surface area contributed by atoms with Crippen LogP contribution in [0.4, 0.5) is 0 Å². The lowest BCUT2D eigenvalue weighted by Gasteiger charge is -2.31. The first kappa shape index (κ1) is 16.9. The standard InChI is InChI=1S/C16H34N2O/c1-3-5-15(7-10-17)6-4-11-18-12-8-16(9-13-18)14-19-2/h15-16H,3-14,17H2,1-2H3. The van der Waals surface area contributed by atoms with E-state index in [1.54, 1.807) is 0 Å². The highest BCUT2D eigenvalue weighted by molar-refractivity contribution is 4.72. The molecule has 0 saturated carbocycles. The van der Waals surface area contributed by atoms with E-state index in [9.17, 15) is 0 Å². The molecule has 3 nitrogen and oxygen atoms in total. The van der Waals surface area contributed by atoms with Gasteiger partial charge in [0.05, 0.1) is 0 Å². The van der Waals surface area contributed by atoms with Gasteiger partial charge in [0.15, 0.2) is 0 Å².